The van der Waals surface area contributed by atoms with Gasteiger partial charge in [-0.15, -0.1) is 0 Å². The van der Waals surface area contributed by atoms with Gasteiger partial charge < -0.3 is 10.9 Å². The Balaban J connectivity index is 2.69. The highest BCUT2D eigenvalue weighted by atomic mass is 16.4. The molecule has 100 valence electrons. The van der Waals surface area contributed by atoms with E-state index in [1.807, 2.05) is 0 Å². The maximum Gasteiger partial charge on any atom is 0.140 e. The molecular formula is C14H23N3O. The zero-order valence-corrected chi connectivity index (χ0v) is 11.6. The average molecular weight is 249 g/mol. The molecule has 0 aliphatic heterocycles. The molecule has 0 spiro atoms. The van der Waals surface area contributed by atoms with Crippen LogP contribution in [0.4, 0.5) is 0 Å². The van der Waals surface area contributed by atoms with Gasteiger partial charge in [-0.05, 0) is 38.9 Å². The van der Waals surface area contributed by atoms with E-state index in [9.17, 15) is 0 Å². The van der Waals surface area contributed by atoms with E-state index >= 15 is 0 Å². The Hall–Kier alpha value is -1.55. The molecular weight excluding hydrogens is 226 g/mol. The summed E-state index contributed by atoms with van der Waals surface area (Å²) in [7, 11) is 2.05. The number of nitrogens with zero attached hydrogens (tertiary/aromatic N) is 2. The quantitative estimate of drug-likeness (QED) is 0.364. The third kappa shape index (κ3) is 4.04. The standard InChI is InChI=1S/C14H23N3O/c1-10-5-6-11(2)13(7-10)9-17(4)12(3)8-14(15)16-18/h5-7,12,18H,8-9H2,1-4H3,(H2,15,16). The summed E-state index contributed by atoms with van der Waals surface area (Å²) in [4.78, 5) is 2.21. The zero-order valence-electron chi connectivity index (χ0n) is 11.6. The second-order valence-electron chi connectivity index (χ2n) is 4.99. The van der Waals surface area contributed by atoms with E-state index in [0.717, 1.165) is 6.54 Å². The topological polar surface area (TPSA) is 61.8 Å². The number of amidine groups is 1. The summed E-state index contributed by atoms with van der Waals surface area (Å²) < 4.78 is 0. The molecule has 0 saturated carbocycles. The van der Waals surface area contributed by atoms with Crippen molar-refractivity contribution in [2.45, 2.75) is 39.8 Å². The first kappa shape index (κ1) is 14.5. The lowest BCUT2D eigenvalue weighted by molar-refractivity contribution is 0.250. The first-order valence-electron chi connectivity index (χ1n) is 6.16. The Morgan fingerprint density at radius 2 is 2.11 bits per heavy atom. The molecule has 0 heterocycles. The molecule has 0 aliphatic rings. The number of oxime groups is 1. The predicted molar refractivity (Wildman–Crippen MR) is 74.9 cm³/mol. The minimum absolute atomic E-state index is 0.237. The summed E-state index contributed by atoms with van der Waals surface area (Å²) in [5.74, 6) is 0.273. The largest absolute Gasteiger partial charge is 0.409 e. The number of nitrogens with two attached hydrogens (primary N) is 1. The molecule has 1 rings (SSSR count). The van der Waals surface area contributed by atoms with Gasteiger partial charge in [0.2, 0.25) is 0 Å². The fraction of sp³-hybridized carbons (Fsp3) is 0.500. The molecule has 1 aromatic rings. The van der Waals surface area contributed by atoms with E-state index in [1.165, 1.54) is 16.7 Å². The van der Waals surface area contributed by atoms with Gasteiger partial charge in [0, 0.05) is 19.0 Å². The molecule has 0 radical (unpaired) electrons. The predicted octanol–water partition coefficient (Wildman–Crippen LogP) is 2.26. The summed E-state index contributed by atoms with van der Waals surface area (Å²) in [6.07, 6.45) is 0.567. The minimum atomic E-state index is 0.237. The highest BCUT2D eigenvalue weighted by molar-refractivity contribution is 5.80. The second-order valence-corrected chi connectivity index (χ2v) is 4.99. The van der Waals surface area contributed by atoms with Crippen molar-refractivity contribution in [1.82, 2.24) is 4.90 Å². The lowest BCUT2D eigenvalue weighted by atomic mass is 10.0. The van der Waals surface area contributed by atoms with E-state index in [4.69, 9.17) is 10.9 Å². The number of benzene rings is 1. The van der Waals surface area contributed by atoms with E-state index in [0.29, 0.717) is 6.42 Å². The Morgan fingerprint density at radius 1 is 1.44 bits per heavy atom. The molecule has 4 heteroatoms. The van der Waals surface area contributed by atoms with E-state index in [1.54, 1.807) is 0 Å². The molecule has 0 bridgehead atoms. The molecule has 0 fully saturated rings. The van der Waals surface area contributed by atoms with Gasteiger partial charge in [0.25, 0.3) is 0 Å². The number of hydrogen-bond acceptors (Lipinski definition) is 3. The van der Waals surface area contributed by atoms with Crippen LogP contribution in [-0.4, -0.2) is 29.0 Å². The van der Waals surface area contributed by atoms with Crippen LogP contribution in [0.15, 0.2) is 23.4 Å². The first-order chi connectivity index (χ1) is 8.43. The fourth-order valence-electron chi connectivity index (χ4n) is 1.89. The summed E-state index contributed by atoms with van der Waals surface area (Å²) >= 11 is 0. The van der Waals surface area contributed by atoms with Crippen molar-refractivity contribution in [3.05, 3.63) is 34.9 Å². The summed E-state index contributed by atoms with van der Waals surface area (Å²) in [6, 6.07) is 6.72. The summed E-state index contributed by atoms with van der Waals surface area (Å²) in [6.45, 7) is 7.16. The van der Waals surface area contributed by atoms with Crippen molar-refractivity contribution in [3.63, 3.8) is 0 Å². The van der Waals surface area contributed by atoms with Crippen LogP contribution in [0.5, 0.6) is 0 Å². The molecule has 1 unspecified atom stereocenters. The van der Waals surface area contributed by atoms with Gasteiger partial charge in [-0.2, -0.15) is 0 Å². The maximum absolute atomic E-state index is 8.58. The number of aryl methyl sites for hydroxylation is 2. The lowest BCUT2D eigenvalue weighted by Gasteiger charge is -2.25. The highest BCUT2D eigenvalue weighted by Gasteiger charge is 2.12. The Kier molecular flexibility index (Phi) is 5.16. The van der Waals surface area contributed by atoms with Gasteiger partial charge >= 0.3 is 0 Å². The van der Waals surface area contributed by atoms with Gasteiger partial charge in [0.05, 0.1) is 0 Å². The molecule has 1 atom stereocenters. The van der Waals surface area contributed by atoms with Crippen molar-refractivity contribution in [2.75, 3.05) is 7.05 Å². The van der Waals surface area contributed by atoms with Crippen LogP contribution >= 0.6 is 0 Å². The average Bonchev–Trinajstić information content (AvgIpc) is 2.33. The van der Waals surface area contributed by atoms with Crippen molar-refractivity contribution >= 4 is 5.84 Å². The smallest absolute Gasteiger partial charge is 0.140 e. The summed E-state index contributed by atoms with van der Waals surface area (Å²) in [5.41, 5.74) is 9.42. The molecule has 3 N–H and O–H groups in total. The fourth-order valence-corrected chi connectivity index (χ4v) is 1.89. The molecule has 0 amide bonds. The van der Waals surface area contributed by atoms with Gasteiger partial charge in [-0.25, -0.2) is 0 Å². The van der Waals surface area contributed by atoms with E-state index in [2.05, 4.69) is 56.1 Å². The SMILES string of the molecule is Cc1ccc(C)c(CN(C)C(C)CC(N)=NO)c1. The number of hydrogen-bond donors (Lipinski definition) is 2. The van der Waals surface area contributed by atoms with Crippen LogP contribution in [0.1, 0.15) is 30.0 Å². The molecule has 0 aromatic heterocycles. The van der Waals surface area contributed by atoms with Crippen molar-refractivity contribution in [3.8, 4) is 0 Å². The van der Waals surface area contributed by atoms with Gasteiger partial charge in [0.15, 0.2) is 0 Å². The molecule has 4 nitrogen and oxygen atoms in total. The van der Waals surface area contributed by atoms with Crippen LogP contribution in [0.3, 0.4) is 0 Å². The minimum Gasteiger partial charge on any atom is -0.409 e. The second kappa shape index (κ2) is 6.40. The highest BCUT2D eigenvalue weighted by Crippen LogP contribution is 2.14. The molecule has 0 saturated heterocycles. The van der Waals surface area contributed by atoms with Crippen LogP contribution in [0.2, 0.25) is 0 Å². The van der Waals surface area contributed by atoms with Crippen molar-refractivity contribution in [2.24, 2.45) is 10.9 Å². The molecule has 0 aliphatic carbocycles. The maximum atomic E-state index is 8.58. The third-order valence-corrected chi connectivity index (χ3v) is 3.31. The van der Waals surface area contributed by atoms with Gasteiger partial charge in [0.1, 0.15) is 5.84 Å². The van der Waals surface area contributed by atoms with Crippen molar-refractivity contribution < 1.29 is 5.21 Å². The third-order valence-electron chi connectivity index (χ3n) is 3.31. The van der Waals surface area contributed by atoms with Crippen LogP contribution in [0, 0.1) is 13.8 Å². The summed E-state index contributed by atoms with van der Waals surface area (Å²) in [5, 5.41) is 11.6. The Bertz CT molecular complexity index is 429. The van der Waals surface area contributed by atoms with Crippen LogP contribution in [0.25, 0.3) is 0 Å². The van der Waals surface area contributed by atoms with E-state index in [-0.39, 0.29) is 11.9 Å². The van der Waals surface area contributed by atoms with E-state index < -0.39 is 0 Å². The van der Waals surface area contributed by atoms with Crippen molar-refractivity contribution in [1.29, 1.82) is 0 Å². The van der Waals surface area contributed by atoms with Crippen LogP contribution in [-0.2, 0) is 6.54 Å². The number of rotatable bonds is 5. The normalized spacial score (nSPS) is 13.9. The van der Waals surface area contributed by atoms with Crippen LogP contribution < -0.4 is 5.73 Å². The zero-order chi connectivity index (χ0) is 13.7. The lowest BCUT2D eigenvalue weighted by Crippen LogP contribution is -2.33. The Labute approximate surface area is 109 Å². The van der Waals surface area contributed by atoms with Gasteiger partial charge in [-0.3, -0.25) is 4.90 Å². The molecule has 18 heavy (non-hydrogen) atoms. The monoisotopic (exact) mass is 249 g/mol. The van der Waals surface area contributed by atoms with Gasteiger partial charge in [-0.1, -0.05) is 28.9 Å². The Morgan fingerprint density at radius 3 is 2.72 bits per heavy atom. The molecule has 1 aromatic carbocycles. The first-order valence-corrected chi connectivity index (χ1v) is 6.16.